The minimum Gasteiger partial charge on any atom is -0.392 e. The van der Waals surface area contributed by atoms with Crippen molar-refractivity contribution >= 4 is 22.9 Å². The number of aliphatic hydroxyl groups excluding tert-OH is 1. The van der Waals surface area contributed by atoms with Crippen molar-refractivity contribution in [2.45, 2.75) is 32.0 Å². The number of benzene rings is 1. The summed E-state index contributed by atoms with van der Waals surface area (Å²) in [4.78, 5) is 1.42. The van der Waals surface area contributed by atoms with Crippen LogP contribution in [0.1, 0.15) is 34.0 Å². The van der Waals surface area contributed by atoms with E-state index in [0.29, 0.717) is 6.04 Å². The van der Waals surface area contributed by atoms with E-state index in [9.17, 15) is 0 Å². The Kier molecular flexibility index (Phi) is 3.89. The van der Waals surface area contributed by atoms with E-state index in [4.69, 9.17) is 16.7 Å². The number of aryl methyl sites for hydroxylation is 1. The molecule has 1 unspecified atom stereocenters. The first-order valence-electron chi connectivity index (χ1n) is 6.46. The fourth-order valence-electron chi connectivity index (χ4n) is 2.62. The number of halogens is 1. The molecule has 0 spiro atoms. The van der Waals surface area contributed by atoms with Crippen molar-refractivity contribution in [3.8, 4) is 0 Å². The zero-order valence-electron chi connectivity index (χ0n) is 10.5. The van der Waals surface area contributed by atoms with E-state index in [1.807, 2.05) is 18.2 Å². The minimum atomic E-state index is 0.0988. The number of rotatable bonds is 4. The summed E-state index contributed by atoms with van der Waals surface area (Å²) in [6.45, 7) is 0.924. The lowest BCUT2D eigenvalue weighted by atomic mass is 10.1. The zero-order valence-corrected chi connectivity index (χ0v) is 12.1. The predicted molar refractivity (Wildman–Crippen MR) is 79.6 cm³/mol. The van der Waals surface area contributed by atoms with Gasteiger partial charge in [-0.2, -0.15) is 0 Å². The van der Waals surface area contributed by atoms with Gasteiger partial charge < -0.3 is 10.4 Å². The quantitative estimate of drug-likeness (QED) is 0.901. The second-order valence-electron chi connectivity index (χ2n) is 4.88. The number of thiophene rings is 1. The average Bonchev–Trinajstić information content (AvgIpc) is 2.96. The molecule has 1 aliphatic carbocycles. The van der Waals surface area contributed by atoms with Gasteiger partial charge >= 0.3 is 0 Å². The molecule has 1 atom stereocenters. The third-order valence-corrected chi connectivity index (χ3v) is 4.91. The fraction of sp³-hybridized carbons (Fsp3) is 0.333. The summed E-state index contributed by atoms with van der Waals surface area (Å²) in [5.41, 5.74) is 3.54. The van der Waals surface area contributed by atoms with Gasteiger partial charge in [0, 0.05) is 17.5 Å². The number of nitrogens with one attached hydrogen (secondary N) is 1. The number of fused-ring (bicyclic) bond motifs is 1. The molecule has 1 aliphatic rings. The Labute approximate surface area is 122 Å². The van der Waals surface area contributed by atoms with Crippen molar-refractivity contribution in [2.75, 3.05) is 0 Å². The van der Waals surface area contributed by atoms with Crippen molar-refractivity contribution in [1.29, 1.82) is 0 Å². The van der Waals surface area contributed by atoms with Crippen molar-refractivity contribution < 1.29 is 5.11 Å². The number of aliphatic hydroxyl groups is 1. The van der Waals surface area contributed by atoms with Gasteiger partial charge in [0.2, 0.25) is 0 Å². The highest BCUT2D eigenvalue weighted by molar-refractivity contribution is 7.16. The molecule has 100 valence electrons. The van der Waals surface area contributed by atoms with E-state index in [1.165, 1.54) is 16.0 Å². The van der Waals surface area contributed by atoms with Gasteiger partial charge in [0.25, 0.3) is 0 Å². The molecule has 3 rings (SSSR count). The number of hydrogen-bond donors (Lipinski definition) is 2. The van der Waals surface area contributed by atoms with Crippen LogP contribution in [-0.2, 0) is 19.6 Å². The molecule has 1 aromatic carbocycles. The van der Waals surface area contributed by atoms with Crippen LogP contribution in [0, 0.1) is 0 Å². The molecule has 0 fully saturated rings. The van der Waals surface area contributed by atoms with Crippen molar-refractivity contribution in [3.05, 3.63) is 56.2 Å². The Hall–Kier alpha value is -0.870. The Balaban J connectivity index is 1.67. The Morgan fingerprint density at radius 1 is 1.32 bits per heavy atom. The molecule has 4 heteroatoms. The van der Waals surface area contributed by atoms with Crippen molar-refractivity contribution in [2.24, 2.45) is 0 Å². The van der Waals surface area contributed by atoms with Crippen LogP contribution in [-0.4, -0.2) is 5.11 Å². The van der Waals surface area contributed by atoms with Gasteiger partial charge in [-0.1, -0.05) is 35.9 Å². The maximum absolute atomic E-state index is 9.14. The monoisotopic (exact) mass is 293 g/mol. The van der Waals surface area contributed by atoms with Gasteiger partial charge in [-0.15, -0.1) is 11.3 Å². The second-order valence-corrected chi connectivity index (χ2v) is 6.65. The summed E-state index contributed by atoms with van der Waals surface area (Å²) in [5, 5.41) is 12.7. The number of hydrogen-bond acceptors (Lipinski definition) is 3. The van der Waals surface area contributed by atoms with Crippen molar-refractivity contribution in [3.63, 3.8) is 0 Å². The molecule has 0 saturated heterocycles. The Morgan fingerprint density at radius 2 is 2.16 bits per heavy atom. The lowest BCUT2D eigenvalue weighted by molar-refractivity contribution is 0.281. The minimum absolute atomic E-state index is 0.0988. The van der Waals surface area contributed by atoms with Gasteiger partial charge in [-0.3, -0.25) is 0 Å². The van der Waals surface area contributed by atoms with Gasteiger partial charge in [-0.05, 0) is 35.6 Å². The molecule has 0 amide bonds. The lowest BCUT2D eigenvalue weighted by Gasteiger charge is -2.13. The highest BCUT2D eigenvalue weighted by Gasteiger charge is 2.24. The maximum atomic E-state index is 9.14. The standard InChI is InChI=1S/C15H16ClNOS/c16-15-7-12-13(4-5-14(12)19-15)17-8-10-2-1-3-11(6-10)9-18/h1-3,6-7,13,17-18H,4-5,8-9H2. The molecule has 0 bridgehead atoms. The lowest BCUT2D eigenvalue weighted by Crippen LogP contribution is -2.18. The topological polar surface area (TPSA) is 32.3 Å². The summed E-state index contributed by atoms with van der Waals surface area (Å²) in [6, 6.07) is 10.6. The molecule has 1 aromatic heterocycles. The van der Waals surface area contributed by atoms with Gasteiger partial charge in [0.15, 0.2) is 0 Å². The molecule has 0 aliphatic heterocycles. The largest absolute Gasteiger partial charge is 0.392 e. The van der Waals surface area contributed by atoms with E-state index in [-0.39, 0.29) is 6.61 Å². The maximum Gasteiger partial charge on any atom is 0.0934 e. The SMILES string of the molecule is OCc1cccc(CNC2CCc3sc(Cl)cc32)c1. The Bertz CT molecular complexity index is 581. The molecule has 0 saturated carbocycles. The highest BCUT2D eigenvalue weighted by Crippen LogP contribution is 2.39. The molecule has 2 nitrogen and oxygen atoms in total. The third-order valence-electron chi connectivity index (χ3n) is 3.57. The second kappa shape index (κ2) is 5.63. The molecule has 1 heterocycles. The summed E-state index contributed by atoms with van der Waals surface area (Å²) < 4.78 is 0.888. The van der Waals surface area contributed by atoms with Crippen LogP contribution in [0.4, 0.5) is 0 Å². The predicted octanol–water partition coefficient (Wildman–Crippen LogP) is 3.67. The molecule has 19 heavy (non-hydrogen) atoms. The smallest absolute Gasteiger partial charge is 0.0934 e. The summed E-state index contributed by atoms with van der Waals surface area (Å²) in [7, 11) is 0. The van der Waals surface area contributed by atoms with Crippen LogP contribution in [0.5, 0.6) is 0 Å². The van der Waals surface area contributed by atoms with Crippen LogP contribution in [0.15, 0.2) is 30.3 Å². The highest BCUT2D eigenvalue weighted by atomic mass is 35.5. The van der Waals surface area contributed by atoms with Gasteiger partial charge in [0.05, 0.1) is 10.9 Å². The molecule has 2 aromatic rings. The first kappa shape index (κ1) is 13.1. The van der Waals surface area contributed by atoms with Crippen LogP contribution in [0.2, 0.25) is 4.34 Å². The van der Waals surface area contributed by atoms with Gasteiger partial charge in [0.1, 0.15) is 0 Å². The van der Waals surface area contributed by atoms with Crippen LogP contribution < -0.4 is 5.32 Å². The van der Waals surface area contributed by atoms with E-state index in [0.717, 1.165) is 29.3 Å². The van der Waals surface area contributed by atoms with Crippen LogP contribution >= 0.6 is 22.9 Å². The first-order valence-corrected chi connectivity index (χ1v) is 7.66. The summed E-state index contributed by atoms with van der Waals surface area (Å²) in [6.07, 6.45) is 2.28. The van der Waals surface area contributed by atoms with Gasteiger partial charge in [-0.25, -0.2) is 0 Å². The van der Waals surface area contributed by atoms with E-state index >= 15 is 0 Å². The Morgan fingerprint density at radius 3 is 3.00 bits per heavy atom. The molecule has 2 N–H and O–H groups in total. The molecular weight excluding hydrogens is 278 g/mol. The average molecular weight is 294 g/mol. The van der Waals surface area contributed by atoms with Crippen LogP contribution in [0.3, 0.4) is 0 Å². The van der Waals surface area contributed by atoms with Crippen molar-refractivity contribution in [1.82, 2.24) is 5.32 Å². The first-order chi connectivity index (χ1) is 9.26. The molecule has 0 radical (unpaired) electrons. The summed E-state index contributed by atoms with van der Waals surface area (Å²) >= 11 is 7.76. The van der Waals surface area contributed by atoms with E-state index in [1.54, 1.807) is 11.3 Å². The zero-order chi connectivity index (χ0) is 13.2. The molecular formula is C15H16ClNOS. The fourth-order valence-corrected chi connectivity index (χ4v) is 3.98. The third kappa shape index (κ3) is 2.84. The van der Waals surface area contributed by atoms with E-state index in [2.05, 4.69) is 17.4 Å². The van der Waals surface area contributed by atoms with E-state index < -0.39 is 0 Å². The normalized spacial score (nSPS) is 17.7. The van der Waals surface area contributed by atoms with Crippen LogP contribution in [0.25, 0.3) is 0 Å². The summed E-state index contributed by atoms with van der Waals surface area (Å²) in [5.74, 6) is 0.